The summed E-state index contributed by atoms with van der Waals surface area (Å²) in [5.74, 6) is -0.0606. The second-order valence-corrected chi connectivity index (χ2v) is 2.74. The van der Waals surface area contributed by atoms with Crippen molar-refractivity contribution in [1.29, 1.82) is 0 Å². The van der Waals surface area contributed by atoms with Crippen LogP contribution < -0.4 is 0 Å². The average molecular weight is 153 g/mol. The van der Waals surface area contributed by atoms with Crippen molar-refractivity contribution < 1.29 is 9.59 Å². The SMILES string of the molecule is C=CC(=O)N1CC(C=O)C1C. The third-order valence-electron chi connectivity index (χ3n) is 2.15. The first kappa shape index (κ1) is 7.98. The quantitative estimate of drug-likeness (QED) is 0.420. The molecule has 0 N–H and O–H groups in total. The van der Waals surface area contributed by atoms with Crippen LogP contribution in [0, 0.1) is 5.92 Å². The van der Waals surface area contributed by atoms with Gasteiger partial charge >= 0.3 is 0 Å². The van der Waals surface area contributed by atoms with E-state index in [4.69, 9.17) is 0 Å². The summed E-state index contributed by atoms with van der Waals surface area (Å²) < 4.78 is 0. The molecule has 60 valence electrons. The molecule has 0 spiro atoms. The van der Waals surface area contributed by atoms with Crippen molar-refractivity contribution in [2.45, 2.75) is 13.0 Å². The molecule has 3 nitrogen and oxygen atoms in total. The summed E-state index contributed by atoms with van der Waals surface area (Å²) in [4.78, 5) is 22.9. The second kappa shape index (κ2) is 2.86. The zero-order chi connectivity index (χ0) is 8.43. The highest BCUT2D eigenvalue weighted by atomic mass is 16.2. The molecule has 0 saturated carbocycles. The largest absolute Gasteiger partial charge is 0.335 e. The summed E-state index contributed by atoms with van der Waals surface area (Å²) in [6, 6.07) is 0.0537. The molecule has 1 aliphatic heterocycles. The smallest absolute Gasteiger partial charge is 0.246 e. The molecule has 0 aliphatic carbocycles. The fourth-order valence-corrected chi connectivity index (χ4v) is 1.20. The maximum Gasteiger partial charge on any atom is 0.246 e. The van der Waals surface area contributed by atoms with Crippen molar-refractivity contribution in [3.8, 4) is 0 Å². The molecule has 2 unspecified atom stereocenters. The van der Waals surface area contributed by atoms with Gasteiger partial charge < -0.3 is 9.69 Å². The average Bonchev–Trinajstić information content (AvgIpc) is 2.02. The molecule has 0 bridgehead atoms. The number of aldehydes is 1. The number of carbonyl (C=O) groups is 2. The van der Waals surface area contributed by atoms with Gasteiger partial charge in [-0.1, -0.05) is 6.58 Å². The van der Waals surface area contributed by atoms with Gasteiger partial charge in [0.05, 0.1) is 5.92 Å². The van der Waals surface area contributed by atoms with Crippen LogP contribution in [0.5, 0.6) is 0 Å². The zero-order valence-electron chi connectivity index (χ0n) is 6.49. The van der Waals surface area contributed by atoms with Crippen LogP contribution in [0.15, 0.2) is 12.7 Å². The van der Waals surface area contributed by atoms with E-state index >= 15 is 0 Å². The number of likely N-dealkylation sites (tertiary alicyclic amines) is 1. The van der Waals surface area contributed by atoms with Gasteiger partial charge in [0.25, 0.3) is 0 Å². The number of nitrogens with zero attached hydrogens (tertiary/aromatic N) is 1. The van der Waals surface area contributed by atoms with Gasteiger partial charge in [-0.3, -0.25) is 4.79 Å². The highest BCUT2D eigenvalue weighted by Gasteiger charge is 2.36. The number of carbonyl (C=O) groups excluding carboxylic acids is 2. The molecule has 0 aromatic carbocycles. The second-order valence-electron chi connectivity index (χ2n) is 2.74. The molecule has 1 heterocycles. The molecule has 0 aromatic rings. The topological polar surface area (TPSA) is 37.4 Å². The van der Waals surface area contributed by atoms with E-state index in [1.807, 2.05) is 6.92 Å². The number of hydrogen-bond acceptors (Lipinski definition) is 2. The Balaban J connectivity index is 2.50. The highest BCUT2D eigenvalue weighted by molar-refractivity contribution is 5.88. The Hall–Kier alpha value is -1.12. The van der Waals surface area contributed by atoms with E-state index < -0.39 is 0 Å². The monoisotopic (exact) mass is 153 g/mol. The third-order valence-corrected chi connectivity index (χ3v) is 2.15. The zero-order valence-corrected chi connectivity index (χ0v) is 6.49. The Morgan fingerprint density at radius 3 is 2.73 bits per heavy atom. The predicted molar refractivity (Wildman–Crippen MR) is 40.9 cm³/mol. The fraction of sp³-hybridized carbons (Fsp3) is 0.500. The van der Waals surface area contributed by atoms with E-state index in [1.165, 1.54) is 6.08 Å². The summed E-state index contributed by atoms with van der Waals surface area (Å²) in [5.41, 5.74) is 0. The van der Waals surface area contributed by atoms with Crippen LogP contribution in [-0.4, -0.2) is 29.7 Å². The van der Waals surface area contributed by atoms with Crippen molar-refractivity contribution in [3.63, 3.8) is 0 Å². The van der Waals surface area contributed by atoms with Crippen LogP contribution in [0.25, 0.3) is 0 Å². The van der Waals surface area contributed by atoms with Gasteiger partial charge in [0.15, 0.2) is 0 Å². The Bertz CT molecular complexity index is 200. The maximum absolute atomic E-state index is 11.0. The summed E-state index contributed by atoms with van der Waals surface area (Å²) in [6.07, 6.45) is 2.18. The van der Waals surface area contributed by atoms with Crippen molar-refractivity contribution in [1.82, 2.24) is 4.90 Å². The minimum Gasteiger partial charge on any atom is -0.335 e. The van der Waals surface area contributed by atoms with E-state index in [-0.39, 0.29) is 17.9 Å². The molecule has 0 aromatic heterocycles. The maximum atomic E-state index is 11.0. The minimum absolute atomic E-state index is 0.0268. The van der Waals surface area contributed by atoms with E-state index in [9.17, 15) is 9.59 Å². The molecule has 1 rings (SSSR count). The van der Waals surface area contributed by atoms with Crippen molar-refractivity contribution >= 4 is 12.2 Å². The van der Waals surface area contributed by atoms with Crippen LogP contribution in [0.4, 0.5) is 0 Å². The number of amides is 1. The molecule has 3 heteroatoms. The van der Waals surface area contributed by atoms with Crippen molar-refractivity contribution in [3.05, 3.63) is 12.7 Å². The summed E-state index contributed by atoms with van der Waals surface area (Å²) in [5, 5.41) is 0. The first-order valence-corrected chi connectivity index (χ1v) is 3.59. The normalized spacial score (nSPS) is 29.0. The lowest BCUT2D eigenvalue weighted by Crippen LogP contribution is -2.57. The van der Waals surface area contributed by atoms with Crippen LogP contribution in [0.1, 0.15) is 6.92 Å². The van der Waals surface area contributed by atoms with Crippen LogP contribution in [0.3, 0.4) is 0 Å². The molecular formula is C8H11NO2. The summed E-state index contributed by atoms with van der Waals surface area (Å²) >= 11 is 0. The molecule has 0 radical (unpaired) electrons. The van der Waals surface area contributed by atoms with Crippen molar-refractivity contribution in [2.24, 2.45) is 5.92 Å². The molecular weight excluding hydrogens is 142 g/mol. The van der Waals surface area contributed by atoms with Gasteiger partial charge in [0.1, 0.15) is 6.29 Å². The Kier molecular flexibility index (Phi) is 2.08. The molecule has 1 fully saturated rings. The van der Waals surface area contributed by atoms with E-state index in [0.29, 0.717) is 6.54 Å². The highest BCUT2D eigenvalue weighted by Crippen LogP contribution is 2.22. The van der Waals surface area contributed by atoms with Gasteiger partial charge in [-0.05, 0) is 13.0 Å². The van der Waals surface area contributed by atoms with E-state index in [1.54, 1.807) is 4.90 Å². The van der Waals surface area contributed by atoms with E-state index in [2.05, 4.69) is 6.58 Å². The van der Waals surface area contributed by atoms with Gasteiger partial charge in [0, 0.05) is 12.6 Å². The number of rotatable bonds is 2. The van der Waals surface area contributed by atoms with Gasteiger partial charge in [-0.2, -0.15) is 0 Å². The van der Waals surface area contributed by atoms with Crippen LogP contribution >= 0.6 is 0 Å². The minimum atomic E-state index is -0.0874. The first-order chi connectivity index (χ1) is 5.20. The molecule has 11 heavy (non-hydrogen) atoms. The van der Waals surface area contributed by atoms with Crippen LogP contribution in [-0.2, 0) is 9.59 Å². The van der Waals surface area contributed by atoms with E-state index in [0.717, 1.165) is 6.29 Å². The molecule has 1 saturated heterocycles. The fourth-order valence-electron chi connectivity index (χ4n) is 1.20. The Morgan fingerprint density at radius 2 is 2.36 bits per heavy atom. The summed E-state index contributed by atoms with van der Waals surface area (Å²) in [6.45, 7) is 5.79. The summed E-state index contributed by atoms with van der Waals surface area (Å²) in [7, 11) is 0. The standard InChI is InChI=1S/C8H11NO2/c1-3-8(11)9-4-7(5-10)6(9)2/h3,5-7H,1,4H2,2H3. The molecule has 2 atom stereocenters. The molecule has 1 aliphatic rings. The van der Waals surface area contributed by atoms with Gasteiger partial charge in [0.2, 0.25) is 5.91 Å². The third kappa shape index (κ3) is 1.18. The Morgan fingerprint density at radius 1 is 1.73 bits per heavy atom. The lowest BCUT2D eigenvalue weighted by Gasteiger charge is -2.43. The first-order valence-electron chi connectivity index (χ1n) is 3.59. The van der Waals surface area contributed by atoms with Gasteiger partial charge in [-0.15, -0.1) is 0 Å². The lowest BCUT2D eigenvalue weighted by atomic mass is 9.91. The predicted octanol–water partition coefficient (Wildman–Crippen LogP) is 0.218. The van der Waals surface area contributed by atoms with Gasteiger partial charge in [-0.25, -0.2) is 0 Å². The van der Waals surface area contributed by atoms with Crippen LogP contribution in [0.2, 0.25) is 0 Å². The van der Waals surface area contributed by atoms with Crippen molar-refractivity contribution in [2.75, 3.05) is 6.54 Å². The Labute approximate surface area is 65.7 Å². The molecule has 1 amide bonds. The lowest BCUT2D eigenvalue weighted by molar-refractivity contribution is -0.139. The number of hydrogen-bond donors (Lipinski definition) is 0.